The molecule has 176 valence electrons. The molecule has 32 heavy (non-hydrogen) atoms. The highest BCUT2D eigenvalue weighted by Crippen LogP contribution is 2.28. The summed E-state index contributed by atoms with van der Waals surface area (Å²) in [5.74, 6) is -1.42. The van der Waals surface area contributed by atoms with E-state index in [1.54, 1.807) is 29.2 Å². The van der Waals surface area contributed by atoms with E-state index in [2.05, 4.69) is 0 Å². The van der Waals surface area contributed by atoms with Crippen molar-refractivity contribution < 1.29 is 33.3 Å². The van der Waals surface area contributed by atoms with Crippen LogP contribution in [0.1, 0.15) is 34.6 Å². The Kier molecular flexibility index (Phi) is 9.16. The number of nitrogens with zero attached hydrogens (tertiary/aromatic N) is 2. The minimum absolute atomic E-state index is 0.259. The van der Waals surface area contributed by atoms with E-state index in [-0.39, 0.29) is 11.8 Å². The van der Waals surface area contributed by atoms with Gasteiger partial charge in [0.05, 0.1) is 64.0 Å². The summed E-state index contributed by atoms with van der Waals surface area (Å²) in [6.45, 7) is 7.63. The van der Waals surface area contributed by atoms with Crippen LogP contribution >= 0.6 is 0 Å². The molecule has 2 aliphatic rings. The normalized spacial score (nSPS) is 20.6. The van der Waals surface area contributed by atoms with E-state index in [4.69, 9.17) is 18.9 Å². The Morgan fingerprint density at radius 3 is 1.56 bits per heavy atom. The molecule has 0 N–H and O–H groups in total. The molecule has 0 unspecified atom stereocenters. The summed E-state index contributed by atoms with van der Waals surface area (Å²) < 4.78 is 22.0. The lowest BCUT2D eigenvalue weighted by atomic mass is 10.0. The standard InChI is InChI=1S/C23H32N2O7/c1-17(2)20(25-21(26)18-5-3-4-6-19(18)22(25)27)23(28)24-7-9-29-11-13-31-15-16-32-14-12-30-10-8-24/h3-6,17,20H,7-16H2,1-2H3/t20-/m0/s1. The second kappa shape index (κ2) is 12.1. The van der Waals surface area contributed by atoms with Gasteiger partial charge in [0.1, 0.15) is 6.04 Å². The Balaban J connectivity index is 1.73. The summed E-state index contributed by atoms with van der Waals surface area (Å²) in [5, 5.41) is 0. The zero-order chi connectivity index (χ0) is 22.9. The van der Waals surface area contributed by atoms with Crippen molar-refractivity contribution in [3.05, 3.63) is 35.4 Å². The topological polar surface area (TPSA) is 94.6 Å². The fourth-order valence-corrected chi connectivity index (χ4v) is 3.78. The molecule has 9 nitrogen and oxygen atoms in total. The Morgan fingerprint density at radius 1 is 0.750 bits per heavy atom. The van der Waals surface area contributed by atoms with Crippen molar-refractivity contribution in [1.29, 1.82) is 0 Å². The van der Waals surface area contributed by atoms with Crippen LogP contribution in [-0.4, -0.2) is 99.5 Å². The molecule has 2 heterocycles. The number of ether oxygens (including phenoxy) is 4. The zero-order valence-corrected chi connectivity index (χ0v) is 18.8. The van der Waals surface area contributed by atoms with Crippen LogP contribution in [0.25, 0.3) is 0 Å². The summed E-state index contributed by atoms with van der Waals surface area (Å²) in [7, 11) is 0. The Labute approximate surface area is 188 Å². The lowest BCUT2D eigenvalue weighted by Crippen LogP contribution is -2.54. The van der Waals surface area contributed by atoms with Gasteiger partial charge in [-0.1, -0.05) is 26.0 Å². The maximum absolute atomic E-state index is 13.6. The number of carbonyl (C=O) groups is 3. The summed E-state index contributed by atoms with van der Waals surface area (Å²) in [6.07, 6.45) is 0. The molecule has 9 heteroatoms. The number of hydrogen-bond donors (Lipinski definition) is 0. The molecule has 1 fully saturated rings. The van der Waals surface area contributed by atoms with Crippen LogP contribution < -0.4 is 0 Å². The van der Waals surface area contributed by atoms with E-state index in [1.165, 1.54) is 0 Å². The molecule has 0 saturated carbocycles. The third-order valence-corrected chi connectivity index (χ3v) is 5.43. The van der Waals surface area contributed by atoms with Gasteiger partial charge in [0.2, 0.25) is 5.91 Å². The van der Waals surface area contributed by atoms with Crippen molar-refractivity contribution in [2.45, 2.75) is 19.9 Å². The first-order valence-electron chi connectivity index (χ1n) is 11.1. The number of amides is 3. The Morgan fingerprint density at radius 2 is 1.16 bits per heavy atom. The summed E-state index contributed by atoms with van der Waals surface area (Å²) >= 11 is 0. The van der Waals surface area contributed by atoms with Crippen molar-refractivity contribution in [3.63, 3.8) is 0 Å². The third-order valence-electron chi connectivity index (χ3n) is 5.43. The van der Waals surface area contributed by atoms with Crippen LogP contribution in [-0.2, 0) is 23.7 Å². The lowest BCUT2D eigenvalue weighted by Gasteiger charge is -2.33. The van der Waals surface area contributed by atoms with Gasteiger partial charge in [0.15, 0.2) is 0 Å². The van der Waals surface area contributed by atoms with Crippen LogP contribution in [0.4, 0.5) is 0 Å². The summed E-state index contributed by atoms with van der Waals surface area (Å²) in [4.78, 5) is 42.3. The van der Waals surface area contributed by atoms with E-state index in [9.17, 15) is 14.4 Å². The molecule has 1 saturated heterocycles. The quantitative estimate of drug-likeness (QED) is 0.642. The van der Waals surface area contributed by atoms with Crippen molar-refractivity contribution >= 4 is 17.7 Å². The van der Waals surface area contributed by atoms with Crippen molar-refractivity contribution in [2.75, 3.05) is 65.9 Å². The molecule has 0 bridgehead atoms. The van der Waals surface area contributed by atoms with E-state index in [0.717, 1.165) is 4.90 Å². The van der Waals surface area contributed by atoms with Gasteiger partial charge in [-0.25, -0.2) is 0 Å². The van der Waals surface area contributed by atoms with Crippen LogP contribution in [0.2, 0.25) is 0 Å². The highest BCUT2D eigenvalue weighted by Gasteiger charge is 2.45. The van der Waals surface area contributed by atoms with Gasteiger partial charge < -0.3 is 23.8 Å². The number of fused-ring (bicyclic) bond motifs is 1. The van der Waals surface area contributed by atoms with Gasteiger partial charge in [-0.2, -0.15) is 0 Å². The highest BCUT2D eigenvalue weighted by atomic mass is 16.6. The fourth-order valence-electron chi connectivity index (χ4n) is 3.78. The average Bonchev–Trinajstić information content (AvgIpc) is 3.02. The van der Waals surface area contributed by atoms with E-state index < -0.39 is 17.9 Å². The second-order valence-electron chi connectivity index (χ2n) is 7.99. The predicted molar refractivity (Wildman–Crippen MR) is 115 cm³/mol. The number of benzene rings is 1. The molecule has 1 aromatic rings. The van der Waals surface area contributed by atoms with Gasteiger partial charge in [0.25, 0.3) is 11.8 Å². The minimum Gasteiger partial charge on any atom is -0.377 e. The average molecular weight is 449 g/mol. The molecule has 0 spiro atoms. The maximum atomic E-state index is 13.6. The minimum atomic E-state index is -0.906. The van der Waals surface area contributed by atoms with Crippen molar-refractivity contribution in [1.82, 2.24) is 9.80 Å². The summed E-state index contributed by atoms with van der Waals surface area (Å²) in [5.41, 5.74) is 0.666. The first kappa shape index (κ1) is 24.3. The SMILES string of the molecule is CC(C)[C@@H](C(=O)N1CCOCCOCCOCCOCC1)N1C(=O)c2ccccc2C1=O. The molecule has 3 amide bonds. The molecule has 0 radical (unpaired) electrons. The van der Waals surface area contributed by atoms with E-state index in [0.29, 0.717) is 77.1 Å². The van der Waals surface area contributed by atoms with Crippen molar-refractivity contribution in [2.24, 2.45) is 5.92 Å². The van der Waals surface area contributed by atoms with Gasteiger partial charge in [-0.05, 0) is 18.1 Å². The number of hydrogen-bond acceptors (Lipinski definition) is 7. The number of rotatable bonds is 3. The zero-order valence-electron chi connectivity index (χ0n) is 18.8. The maximum Gasteiger partial charge on any atom is 0.262 e. The largest absolute Gasteiger partial charge is 0.377 e. The predicted octanol–water partition coefficient (Wildman–Crippen LogP) is 1.22. The molecule has 1 atom stereocenters. The monoisotopic (exact) mass is 448 g/mol. The lowest BCUT2D eigenvalue weighted by molar-refractivity contribution is -0.138. The smallest absolute Gasteiger partial charge is 0.262 e. The van der Waals surface area contributed by atoms with Gasteiger partial charge >= 0.3 is 0 Å². The Hall–Kier alpha value is -2.33. The Bertz CT molecular complexity index is 747. The van der Waals surface area contributed by atoms with Crippen LogP contribution in [0.15, 0.2) is 24.3 Å². The molecule has 0 aromatic heterocycles. The van der Waals surface area contributed by atoms with Crippen molar-refractivity contribution in [3.8, 4) is 0 Å². The van der Waals surface area contributed by atoms with Gasteiger partial charge in [0, 0.05) is 13.1 Å². The highest BCUT2D eigenvalue weighted by molar-refractivity contribution is 6.22. The second-order valence-corrected chi connectivity index (χ2v) is 7.99. The summed E-state index contributed by atoms with van der Waals surface area (Å²) in [6, 6.07) is 5.76. The van der Waals surface area contributed by atoms with E-state index >= 15 is 0 Å². The van der Waals surface area contributed by atoms with Gasteiger partial charge in [-0.15, -0.1) is 0 Å². The molecule has 3 rings (SSSR count). The molecular weight excluding hydrogens is 416 g/mol. The molecular formula is C23H32N2O7. The first-order valence-corrected chi connectivity index (χ1v) is 11.1. The van der Waals surface area contributed by atoms with Gasteiger partial charge in [-0.3, -0.25) is 19.3 Å². The third kappa shape index (κ3) is 5.92. The van der Waals surface area contributed by atoms with E-state index in [1.807, 2.05) is 13.8 Å². The van der Waals surface area contributed by atoms with Crippen LogP contribution in [0, 0.1) is 5.92 Å². The fraction of sp³-hybridized carbons (Fsp3) is 0.609. The van der Waals surface area contributed by atoms with Crippen LogP contribution in [0.3, 0.4) is 0 Å². The first-order chi connectivity index (χ1) is 15.5. The number of imide groups is 1. The molecule has 2 aliphatic heterocycles. The van der Waals surface area contributed by atoms with Crippen LogP contribution in [0.5, 0.6) is 0 Å². The number of carbonyl (C=O) groups excluding carboxylic acids is 3. The molecule has 1 aromatic carbocycles. The molecule has 0 aliphatic carbocycles.